The average Bonchev–Trinajstić information content (AvgIpc) is 2.82. The van der Waals surface area contributed by atoms with E-state index in [0.29, 0.717) is 61.4 Å². The summed E-state index contributed by atoms with van der Waals surface area (Å²) in [6, 6.07) is 3.88. The Morgan fingerprint density at radius 3 is 2.08 bits per heavy atom. The van der Waals surface area contributed by atoms with Crippen LogP contribution in [-0.2, 0) is 20.8 Å². The van der Waals surface area contributed by atoms with Crippen LogP contribution in [-0.4, -0.2) is 47.8 Å². The molecule has 2 aliphatic carbocycles. The predicted octanol–water partition coefficient (Wildman–Crippen LogP) is 5.98. The van der Waals surface area contributed by atoms with Crippen molar-refractivity contribution in [2.75, 3.05) is 20.3 Å². The number of hydrogen-bond acceptors (Lipinski definition) is 6. The van der Waals surface area contributed by atoms with Crippen molar-refractivity contribution in [2.24, 2.45) is 10.8 Å². The molecule has 0 aromatic heterocycles. The highest BCUT2D eigenvalue weighted by Gasteiger charge is 2.49. The summed E-state index contributed by atoms with van der Waals surface area (Å²) in [7, 11) is 1.59. The van der Waals surface area contributed by atoms with Gasteiger partial charge in [-0.3, -0.25) is 14.4 Å². The Balaban J connectivity index is 2.03. The molecule has 7 nitrogen and oxygen atoms in total. The van der Waals surface area contributed by atoms with Crippen LogP contribution in [0.2, 0.25) is 0 Å². The number of ether oxygens (including phenoxy) is 2. The van der Waals surface area contributed by atoms with Crippen molar-refractivity contribution in [3.8, 4) is 11.5 Å². The number of Topliss-reactive ketones (excluding diaryl/α,β-unsaturated/α-hetero) is 2. The number of benzene rings is 1. The molecule has 1 aliphatic heterocycles. The minimum Gasteiger partial charge on any atom is -0.493 e. The Hall–Kier alpha value is -3.35. The Bertz CT molecular complexity index is 1230. The van der Waals surface area contributed by atoms with E-state index in [2.05, 4.69) is 6.58 Å². The van der Waals surface area contributed by atoms with Crippen LogP contribution in [0.4, 0.5) is 0 Å². The number of allylic oxidation sites excluding steroid dienone is 5. The summed E-state index contributed by atoms with van der Waals surface area (Å²) in [6.45, 7) is 14.3. The first-order valence-electron chi connectivity index (χ1n) is 13.8. The van der Waals surface area contributed by atoms with Crippen molar-refractivity contribution in [3.05, 3.63) is 58.5 Å². The number of carbonyl (C=O) groups excluding carboxylic acids is 2. The fourth-order valence-electron chi connectivity index (χ4n) is 6.38. The number of carbonyl (C=O) groups is 3. The zero-order chi connectivity index (χ0) is 28.7. The highest BCUT2D eigenvalue weighted by atomic mass is 16.5. The number of carboxylic acids is 1. The van der Waals surface area contributed by atoms with E-state index in [9.17, 15) is 19.5 Å². The Morgan fingerprint density at radius 1 is 1.05 bits per heavy atom. The van der Waals surface area contributed by atoms with E-state index in [4.69, 9.17) is 9.47 Å². The lowest BCUT2D eigenvalue weighted by Gasteiger charge is -2.48. The Labute approximate surface area is 231 Å². The summed E-state index contributed by atoms with van der Waals surface area (Å²) in [5.41, 5.74) is 3.53. The molecule has 1 N–H and O–H groups in total. The zero-order valence-corrected chi connectivity index (χ0v) is 24.1. The van der Waals surface area contributed by atoms with E-state index in [1.54, 1.807) is 18.1 Å². The molecule has 0 bridgehead atoms. The number of nitrogens with zero attached hydrogens (tertiary/aromatic N) is 1. The molecule has 0 saturated heterocycles. The second-order valence-electron chi connectivity index (χ2n) is 12.6. The smallest absolute Gasteiger partial charge is 0.323 e. The Morgan fingerprint density at radius 2 is 1.62 bits per heavy atom. The fraction of sp³-hybridized carbons (Fsp3) is 0.531. The molecule has 3 aliphatic rings. The standard InChI is InChI=1S/C32H41NO6/c1-8-10-19-12-20(13-25(38-7)30(19)39-11-9-2)27-28-21(14-31(3,4)16-23(28)34)33(18-26(36)37)22-15-32(5,6)17-24(35)29(22)27/h8,12-13,27H,1,9-11,14-18H2,2-7H3,(H,36,37). The van der Waals surface area contributed by atoms with E-state index < -0.39 is 11.9 Å². The van der Waals surface area contributed by atoms with Crippen LogP contribution >= 0.6 is 0 Å². The molecule has 0 unspecified atom stereocenters. The molecular formula is C32H41NO6. The normalized spacial score (nSPS) is 20.5. The highest BCUT2D eigenvalue weighted by Crippen LogP contribution is 2.55. The van der Waals surface area contributed by atoms with Crippen molar-refractivity contribution in [3.63, 3.8) is 0 Å². The lowest BCUT2D eigenvalue weighted by Crippen LogP contribution is -2.45. The maximum absolute atomic E-state index is 13.9. The van der Waals surface area contributed by atoms with Gasteiger partial charge in [-0.05, 0) is 48.1 Å². The van der Waals surface area contributed by atoms with Gasteiger partial charge >= 0.3 is 5.97 Å². The molecular weight excluding hydrogens is 494 g/mol. The van der Waals surface area contributed by atoms with Crippen molar-refractivity contribution in [1.29, 1.82) is 0 Å². The zero-order valence-electron chi connectivity index (χ0n) is 24.1. The van der Waals surface area contributed by atoms with E-state index in [-0.39, 0.29) is 28.9 Å². The van der Waals surface area contributed by atoms with Gasteiger partial charge in [-0.15, -0.1) is 6.58 Å². The SMILES string of the molecule is C=CCc1cc(C2C3=C(CC(C)(C)CC3=O)N(CC(=O)O)C3=C2C(=O)CC(C)(C)C3)cc(OC)c1OCCC. The van der Waals surface area contributed by atoms with Gasteiger partial charge in [0.2, 0.25) is 0 Å². The molecule has 4 rings (SSSR count). The van der Waals surface area contributed by atoms with Gasteiger partial charge in [-0.1, -0.05) is 46.8 Å². The quantitative estimate of drug-likeness (QED) is 0.389. The van der Waals surface area contributed by atoms with E-state index in [1.807, 2.05) is 46.8 Å². The van der Waals surface area contributed by atoms with Gasteiger partial charge < -0.3 is 19.5 Å². The van der Waals surface area contributed by atoms with Crippen LogP contribution in [0.3, 0.4) is 0 Å². The topological polar surface area (TPSA) is 93.1 Å². The summed E-state index contributed by atoms with van der Waals surface area (Å²) in [6.07, 6.45) is 4.93. The maximum atomic E-state index is 13.9. The number of ketones is 2. The average molecular weight is 536 g/mol. The number of hydrogen-bond donors (Lipinski definition) is 1. The van der Waals surface area contributed by atoms with Gasteiger partial charge in [0.1, 0.15) is 6.54 Å². The van der Waals surface area contributed by atoms with Gasteiger partial charge in [0, 0.05) is 46.9 Å². The van der Waals surface area contributed by atoms with E-state index in [0.717, 1.165) is 28.9 Å². The molecule has 0 fully saturated rings. The molecule has 1 heterocycles. The van der Waals surface area contributed by atoms with Crippen LogP contribution in [0, 0.1) is 10.8 Å². The fourth-order valence-corrected chi connectivity index (χ4v) is 6.38. The molecule has 1 aromatic rings. The van der Waals surface area contributed by atoms with Crippen molar-refractivity contribution >= 4 is 17.5 Å². The predicted molar refractivity (Wildman–Crippen MR) is 150 cm³/mol. The first-order valence-corrected chi connectivity index (χ1v) is 13.8. The van der Waals surface area contributed by atoms with Gasteiger partial charge in [0.05, 0.1) is 13.7 Å². The highest BCUT2D eigenvalue weighted by molar-refractivity contribution is 6.07. The van der Waals surface area contributed by atoms with E-state index in [1.165, 1.54) is 0 Å². The van der Waals surface area contributed by atoms with Gasteiger partial charge in [-0.2, -0.15) is 0 Å². The molecule has 0 radical (unpaired) electrons. The van der Waals surface area contributed by atoms with Crippen LogP contribution < -0.4 is 9.47 Å². The van der Waals surface area contributed by atoms with Crippen LogP contribution in [0.25, 0.3) is 0 Å². The second-order valence-corrected chi connectivity index (χ2v) is 12.6. The molecule has 39 heavy (non-hydrogen) atoms. The third-order valence-electron chi connectivity index (χ3n) is 7.84. The number of rotatable bonds is 9. The summed E-state index contributed by atoms with van der Waals surface area (Å²) in [5, 5.41) is 9.89. The number of methoxy groups -OCH3 is 1. The van der Waals surface area contributed by atoms with Crippen LogP contribution in [0.5, 0.6) is 11.5 Å². The summed E-state index contributed by atoms with van der Waals surface area (Å²) < 4.78 is 11.8. The molecule has 1 aromatic carbocycles. The summed E-state index contributed by atoms with van der Waals surface area (Å²) in [5.74, 6) is -0.483. The molecule has 0 atom stereocenters. The van der Waals surface area contributed by atoms with Crippen LogP contribution in [0.15, 0.2) is 47.3 Å². The van der Waals surface area contributed by atoms with Crippen molar-refractivity contribution in [1.82, 2.24) is 4.90 Å². The van der Waals surface area contributed by atoms with Gasteiger partial charge in [0.25, 0.3) is 0 Å². The largest absolute Gasteiger partial charge is 0.493 e. The van der Waals surface area contributed by atoms with Crippen molar-refractivity contribution in [2.45, 2.75) is 79.1 Å². The van der Waals surface area contributed by atoms with E-state index >= 15 is 0 Å². The molecule has 0 spiro atoms. The summed E-state index contributed by atoms with van der Waals surface area (Å²) >= 11 is 0. The third kappa shape index (κ3) is 5.54. The first-order chi connectivity index (χ1) is 18.3. The number of carboxylic acid groups (broad SMARTS) is 1. The van der Waals surface area contributed by atoms with Crippen molar-refractivity contribution < 1.29 is 29.0 Å². The molecule has 7 heteroatoms. The van der Waals surface area contributed by atoms with Gasteiger partial charge in [0.15, 0.2) is 23.1 Å². The lowest BCUT2D eigenvalue weighted by molar-refractivity contribution is -0.138. The molecule has 0 saturated carbocycles. The minimum atomic E-state index is -0.994. The molecule has 0 amide bonds. The van der Waals surface area contributed by atoms with Crippen LogP contribution in [0.1, 0.15) is 83.8 Å². The first kappa shape index (κ1) is 28.7. The number of aliphatic carboxylic acids is 1. The third-order valence-corrected chi connectivity index (χ3v) is 7.84. The summed E-state index contributed by atoms with van der Waals surface area (Å²) in [4.78, 5) is 41.7. The lowest BCUT2D eigenvalue weighted by atomic mass is 9.63. The maximum Gasteiger partial charge on any atom is 0.323 e. The van der Waals surface area contributed by atoms with Gasteiger partial charge in [-0.25, -0.2) is 0 Å². The minimum absolute atomic E-state index is 0.0404. The Kier molecular flexibility index (Phi) is 7.84. The second kappa shape index (κ2) is 10.7. The molecule has 210 valence electrons. The monoisotopic (exact) mass is 535 g/mol.